The molecule has 0 aromatic heterocycles. The molecule has 5 nitrogen and oxygen atoms in total. The molecule has 0 fully saturated rings. The summed E-state index contributed by atoms with van der Waals surface area (Å²) in [6.07, 6.45) is 0.387. The summed E-state index contributed by atoms with van der Waals surface area (Å²) < 4.78 is 0. The van der Waals surface area contributed by atoms with Crippen LogP contribution in [0.2, 0.25) is 0 Å². The van der Waals surface area contributed by atoms with Gasteiger partial charge in [-0.1, -0.05) is 45.0 Å². The zero-order valence-corrected chi connectivity index (χ0v) is 13.7. The smallest absolute Gasteiger partial charge is 0.225 e. The first-order valence-corrected chi connectivity index (χ1v) is 7.35. The molecule has 22 heavy (non-hydrogen) atoms. The summed E-state index contributed by atoms with van der Waals surface area (Å²) in [6.45, 7) is 6.01. The Morgan fingerprint density at radius 3 is 2.09 bits per heavy atom. The summed E-state index contributed by atoms with van der Waals surface area (Å²) in [5, 5.41) is 5.35. The Bertz CT molecular complexity index is 542. The molecule has 2 N–H and O–H groups in total. The minimum atomic E-state index is -0.421. The SMILES string of the molecule is CNC(=O)CCC(=O)c1ccc(CNC(=O)C(C)(C)C)cc1. The van der Waals surface area contributed by atoms with E-state index < -0.39 is 5.41 Å². The van der Waals surface area contributed by atoms with E-state index in [9.17, 15) is 14.4 Å². The van der Waals surface area contributed by atoms with E-state index in [1.54, 1.807) is 19.2 Å². The fourth-order valence-corrected chi connectivity index (χ4v) is 1.75. The number of hydrogen-bond donors (Lipinski definition) is 2. The molecule has 1 aromatic carbocycles. The number of carbonyl (C=O) groups is 3. The monoisotopic (exact) mass is 304 g/mol. The number of ketones is 1. The highest BCUT2D eigenvalue weighted by Crippen LogP contribution is 2.13. The molecule has 0 spiro atoms. The van der Waals surface area contributed by atoms with Crippen LogP contribution < -0.4 is 10.6 Å². The molecule has 0 bridgehead atoms. The van der Waals surface area contributed by atoms with Gasteiger partial charge < -0.3 is 10.6 Å². The molecule has 0 saturated carbocycles. The van der Waals surface area contributed by atoms with Gasteiger partial charge in [-0.3, -0.25) is 14.4 Å². The van der Waals surface area contributed by atoms with Crippen molar-refractivity contribution in [1.82, 2.24) is 10.6 Å². The van der Waals surface area contributed by atoms with Gasteiger partial charge in [0.2, 0.25) is 11.8 Å². The minimum Gasteiger partial charge on any atom is -0.359 e. The first-order chi connectivity index (χ1) is 10.2. The van der Waals surface area contributed by atoms with Crippen LogP contribution in [0.25, 0.3) is 0 Å². The second-order valence-corrected chi connectivity index (χ2v) is 6.23. The first kappa shape index (κ1) is 17.9. The molecule has 120 valence electrons. The molecule has 1 aromatic rings. The van der Waals surface area contributed by atoms with Gasteiger partial charge in [-0.2, -0.15) is 0 Å². The summed E-state index contributed by atoms with van der Waals surface area (Å²) in [5.41, 5.74) is 1.09. The number of nitrogens with one attached hydrogen (secondary N) is 2. The number of rotatable bonds is 6. The van der Waals surface area contributed by atoms with Gasteiger partial charge in [-0.15, -0.1) is 0 Å². The van der Waals surface area contributed by atoms with Crippen LogP contribution in [0.4, 0.5) is 0 Å². The van der Waals surface area contributed by atoms with E-state index in [1.807, 2.05) is 32.9 Å². The summed E-state index contributed by atoms with van der Waals surface area (Å²) in [5.74, 6) is -0.220. The van der Waals surface area contributed by atoms with Crippen LogP contribution in [0, 0.1) is 5.41 Å². The molecule has 0 saturated heterocycles. The molecular weight excluding hydrogens is 280 g/mol. The number of Topliss-reactive ketones (excluding diaryl/α,β-unsaturated/α-hetero) is 1. The minimum absolute atomic E-state index is 0.0155. The van der Waals surface area contributed by atoms with Gasteiger partial charge in [0, 0.05) is 37.4 Å². The Morgan fingerprint density at radius 2 is 1.59 bits per heavy atom. The summed E-state index contributed by atoms with van der Waals surface area (Å²) in [6, 6.07) is 7.08. The van der Waals surface area contributed by atoms with Gasteiger partial charge in [-0.05, 0) is 5.56 Å². The number of carbonyl (C=O) groups excluding carboxylic acids is 3. The van der Waals surface area contributed by atoms with Gasteiger partial charge in [0.1, 0.15) is 0 Å². The molecule has 0 heterocycles. The van der Waals surface area contributed by atoms with Crippen molar-refractivity contribution in [3.63, 3.8) is 0 Å². The average Bonchev–Trinajstić information content (AvgIpc) is 2.49. The average molecular weight is 304 g/mol. The van der Waals surface area contributed by atoms with E-state index in [4.69, 9.17) is 0 Å². The lowest BCUT2D eigenvalue weighted by atomic mass is 9.95. The summed E-state index contributed by atoms with van der Waals surface area (Å²) >= 11 is 0. The number of amides is 2. The Balaban J connectivity index is 2.54. The summed E-state index contributed by atoms with van der Waals surface area (Å²) in [7, 11) is 1.55. The fraction of sp³-hybridized carbons (Fsp3) is 0.471. The predicted molar refractivity (Wildman–Crippen MR) is 85.4 cm³/mol. The fourth-order valence-electron chi connectivity index (χ4n) is 1.75. The quantitative estimate of drug-likeness (QED) is 0.790. The van der Waals surface area contributed by atoms with Crippen LogP contribution in [0.3, 0.4) is 0 Å². The van der Waals surface area contributed by atoms with Crippen LogP contribution in [0.5, 0.6) is 0 Å². The van der Waals surface area contributed by atoms with E-state index >= 15 is 0 Å². The van der Waals surface area contributed by atoms with E-state index in [0.717, 1.165) is 5.56 Å². The van der Waals surface area contributed by atoms with Crippen LogP contribution in [0.15, 0.2) is 24.3 Å². The Labute approximate surface area is 131 Å². The van der Waals surface area contributed by atoms with Crippen molar-refractivity contribution in [1.29, 1.82) is 0 Å². The van der Waals surface area contributed by atoms with Gasteiger partial charge >= 0.3 is 0 Å². The Kier molecular flexibility index (Phi) is 6.28. The van der Waals surface area contributed by atoms with Crippen LogP contribution in [-0.2, 0) is 16.1 Å². The lowest BCUT2D eigenvalue weighted by Gasteiger charge is -2.17. The third kappa shape index (κ3) is 5.68. The molecule has 0 unspecified atom stereocenters. The normalized spacial score (nSPS) is 10.9. The van der Waals surface area contributed by atoms with Crippen molar-refractivity contribution in [3.8, 4) is 0 Å². The van der Waals surface area contributed by atoms with E-state index in [-0.39, 0.29) is 30.4 Å². The summed E-state index contributed by atoms with van der Waals surface area (Å²) in [4.78, 5) is 34.8. The standard InChI is InChI=1S/C17H24N2O3/c1-17(2,3)16(22)19-11-12-5-7-13(8-6-12)14(20)9-10-15(21)18-4/h5-8H,9-11H2,1-4H3,(H,18,21)(H,19,22). The van der Waals surface area contributed by atoms with Crippen molar-refractivity contribution in [3.05, 3.63) is 35.4 Å². The Hall–Kier alpha value is -2.17. The molecule has 1 rings (SSSR count). The second-order valence-electron chi connectivity index (χ2n) is 6.23. The first-order valence-electron chi connectivity index (χ1n) is 7.35. The maximum atomic E-state index is 11.9. The van der Waals surface area contributed by atoms with Crippen LogP contribution in [-0.4, -0.2) is 24.6 Å². The van der Waals surface area contributed by atoms with Crippen molar-refractivity contribution in [2.24, 2.45) is 5.41 Å². The van der Waals surface area contributed by atoms with Gasteiger partial charge in [0.15, 0.2) is 5.78 Å². The van der Waals surface area contributed by atoms with Crippen LogP contribution in [0.1, 0.15) is 49.5 Å². The number of hydrogen-bond acceptors (Lipinski definition) is 3. The second kappa shape index (κ2) is 7.73. The van der Waals surface area contributed by atoms with E-state index in [2.05, 4.69) is 10.6 Å². The molecular formula is C17H24N2O3. The van der Waals surface area contributed by atoms with Gasteiger partial charge in [0.25, 0.3) is 0 Å². The third-order valence-corrected chi connectivity index (χ3v) is 3.27. The molecule has 5 heteroatoms. The predicted octanol–water partition coefficient (Wildman–Crippen LogP) is 2.06. The molecule has 0 aliphatic rings. The van der Waals surface area contributed by atoms with Crippen molar-refractivity contribution < 1.29 is 14.4 Å². The number of benzene rings is 1. The lowest BCUT2D eigenvalue weighted by molar-refractivity contribution is -0.128. The van der Waals surface area contributed by atoms with E-state index in [1.165, 1.54) is 0 Å². The lowest BCUT2D eigenvalue weighted by Crippen LogP contribution is -2.34. The molecule has 0 aliphatic carbocycles. The van der Waals surface area contributed by atoms with Crippen molar-refractivity contribution in [2.75, 3.05) is 7.05 Å². The van der Waals surface area contributed by atoms with Crippen LogP contribution >= 0.6 is 0 Å². The molecule has 2 amide bonds. The zero-order valence-electron chi connectivity index (χ0n) is 13.7. The van der Waals surface area contributed by atoms with Crippen molar-refractivity contribution in [2.45, 2.75) is 40.2 Å². The molecule has 0 aliphatic heterocycles. The molecule has 0 atom stereocenters. The highest BCUT2D eigenvalue weighted by Gasteiger charge is 2.20. The van der Waals surface area contributed by atoms with Gasteiger partial charge in [0.05, 0.1) is 0 Å². The molecule has 0 radical (unpaired) electrons. The van der Waals surface area contributed by atoms with Crippen molar-refractivity contribution >= 4 is 17.6 Å². The third-order valence-electron chi connectivity index (χ3n) is 3.27. The highest BCUT2D eigenvalue weighted by molar-refractivity contribution is 5.97. The largest absolute Gasteiger partial charge is 0.359 e. The Morgan fingerprint density at radius 1 is 1.00 bits per heavy atom. The van der Waals surface area contributed by atoms with E-state index in [0.29, 0.717) is 12.1 Å². The maximum Gasteiger partial charge on any atom is 0.225 e. The highest BCUT2D eigenvalue weighted by atomic mass is 16.2. The zero-order chi connectivity index (χ0) is 16.8. The topological polar surface area (TPSA) is 75.3 Å². The maximum absolute atomic E-state index is 11.9. The van der Waals surface area contributed by atoms with Gasteiger partial charge in [-0.25, -0.2) is 0 Å².